The Morgan fingerprint density at radius 2 is 1.07 bits per heavy atom. The normalized spacial score (nSPS) is 11.6. The lowest BCUT2D eigenvalue weighted by atomic mass is 10.0. The van der Waals surface area contributed by atoms with Crippen LogP contribution < -0.4 is 10.6 Å². The SMILES string of the molecule is CCCCCCCCCCCCCCCCNCCCNC(=O)OC(C)(C)C. The van der Waals surface area contributed by atoms with E-state index >= 15 is 0 Å². The van der Waals surface area contributed by atoms with Gasteiger partial charge in [0, 0.05) is 6.54 Å². The van der Waals surface area contributed by atoms with E-state index in [9.17, 15) is 4.79 Å². The number of ether oxygens (including phenoxy) is 1. The summed E-state index contributed by atoms with van der Waals surface area (Å²) in [5, 5.41) is 6.25. The summed E-state index contributed by atoms with van der Waals surface area (Å²) in [4.78, 5) is 11.5. The van der Waals surface area contributed by atoms with Crippen molar-refractivity contribution in [3.63, 3.8) is 0 Å². The van der Waals surface area contributed by atoms with Crippen molar-refractivity contribution in [2.75, 3.05) is 19.6 Å². The summed E-state index contributed by atoms with van der Waals surface area (Å²) in [6.07, 6.45) is 20.3. The molecule has 0 heterocycles. The average Bonchev–Trinajstić information content (AvgIpc) is 2.62. The molecule has 0 fully saturated rings. The molecule has 1 amide bonds. The van der Waals surface area contributed by atoms with E-state index in [1.165, 1.54) is 89.9 Å². The van der Waals surface area contributed by atoms with Crippen molar-refractivity contribution in [3.05, 3.63) is 0 Å². The fraction of sp³-hybridized carbons (Fsp3) is 0.958. The summed E-state index contributed by atoms with van der Waals surface area (Å²) in [6.45, 7) is 10.6. The lowest BCUT2D eigenvalue weighted by Crippen LogP contribution is -2.34. The van der Waals surface area contributed by atoms with Crippen molar-refractivity contribution in [2.45, 2.75) is 130 Å². The van der Waals surface area contributed by atoms with Gasteiger partial charge in [-0.15, -0.1) is 0 Å². The number of carbonyl (C=O) groups excluding carboxylic acids is 1. The van der Waals surface area contributed by atoms with Gasteiger partial charge in [0.05, 0.1) is 0 Å². The zero-order valence-corrected chi connectivity index (χ0v) is 19.5. The Morgan fingerprint density at radius 1 is 0.643 bits per heavy atom. The van der Waals surface area contributed by atoms with E-state index in [0.717, 1.165) is 19.5 Å². The minimum Gasteiger partial charge on any atom is -0.444 e. The summed E-state index contributed by atoms with van der Waals surface area (Å²) in [6, 6.07) is 0. The van der Waals surface area contributed by atoms with Crippen LogP contribution in [0.1, 0.15) is 124 Å². The van der Waals surface area contributed by atoms with Crippen LogP contribution in [-0.2, 0) is 4.74 Å². The van der Waals surface area contributed by atoms with Gasteiger partial charge in [-0.1, -0.05) is 90.4 Å². The highest BCUT2D eigenvalue weighted by atomic mass is 16.6. The van der Waals surface area contributed by atoms with Crippen molar-refractivity contribution in [1.82, 2.24) is 10.6 Å². The van der Waals surface area contributed by atoms with Crippen LogP contribution in [0.25, 0.3) is 0 Å². The molecule has 0 saturated heterocycles. The second-order valence-corrected chi connectivity index (χ2v) is 9.13. The number of rotatable bonds is 19. The summed E-state index contributed by atoms with van der Waals surface area (Å²) < 4.78 is 5.20. The molecular formula is C24H50N2O2. The Kier molecular flexibility index (Phi) is 19.0. The first-order valence-electron chi connectivity index (χ1n) is 12.1. The van der Waals surface area contributed by atoms with Gasteiger partial charge in [0.25, 0.3) is 0 Å². The molecule has 0 aromatic rings. The summed E-state index contributed by atoms with van der Waals surface area (Å²) in [5.74, 6) is 0. The second kappa shape index (κ2) is 19.5. The number of alkyl carbamates (subject to hydrolysis) is 1. The predicted octanol–water partition coefficient (Wildman–Crippen LogP) is 6.97. The van der Waals surface area contributed by atoms with Gasteiger partial charge in [0.15, 0.2) is 0 Å². The van der Waals surface area contributed by atoms with Gasteiger partial charge >= 0.3 is 6.09 Å². The zero-order chi connectivity index (χ0) is 20.9. The molecule has 0 aromatic carbocycles. The Balaban J connectivity index is 3.11. The topological polar surface area (TPSA) is 50.4 Å². The fourth-order valence-electron chi connectivity index (χ4n) is 3.29. The third-order valence-electron chi connectivity index (χ3n) is 4.91. The number of nitrogens with one attached hydrogen (secondary N) is 2. The van der Waals surface area contributed by atoms with E-state index in [0.29, 0.717) is 6.54 Å². The number of amides is 1. The molecule has 0 unspecified atom stereocenters. The molecule has 0 spiro atoms. The van der Waals surface area contributed by atoms with Crippen molar-refractivity contribution in [3.8, 4) is 0 Å². The molecule has 0 rings (SSSR count). The molecule has 0 saturated carbocycles. The second-order valence-electron chi connectivity index (χ2n) is 9.13. The Bertz CT molecular complexity index is 340. The molecule has 0 bridgehead atoms. The Hall–Kier alpha value is -0.770. The smallest absolute Gasteiger partial charge is 0.407 e. The van der Waals surface area contributed by atoms with Crippen LogP contribution in [0, 0.1) is 0 Å². The maximum absolute atomic E-state index is 11.5. The largest absolute Gasteiger partial charge is 0.444 e. The first kappa shape index (κ1) is 27.2. The summed E-state index contributed by atoms with van der Waals surface area (Å²) in [5.41, 5.74) is -0.420. The van der Waals surface area contributed by atoms with Gasteiger partial charge in [-0.25, -0.2) is 4.79 Å². The predicted molar refractivity (Wildman–Crippen MR) is 122 cm³/mol. The lowest BCUT2D eigenvalue weighted by molar-refractivity contribution is 0.0527. The average molecular weight is 399 g/mol. The highest BCUT2D eigenvalue weighted by molar-refractivity contribution is 5.67. The molecule has 0 aliphatic rings. The van der Waals surface area contributed by atoms with Crippen molar-refractivity contribution in [1.29, 1.82) is 0 Å². The van der Waals surface area contributed by atoms with Crippen molar-refractivity contribution < 1.29 is 9.53 Å². The van der Waals surface area contributed by atoms with Crippen molar-refractivity contribution in [2.24, 2.45) is 0 Å². The van der Waals surface area contributed by atoms with Crippen LogP contribution in [-0.4, -0.2) is 31.3 Å². The minimum atomic E-state index is -0.420. The van der Waals surface area contributed by atoms with Gasteiger partial charge in [-0.05, 0) is 46.7 Å². The molecule has 0 radical (unpaired) electrons. The van der Waals surface area contributed by atoms with Crippen LogP contribution in [0.4, 0.5) is 4.79 Å². The zero-order valence-electron chi connectivity index (χ0n) is 19.5. The van der Waals surface area contributed by atoms with Crippen LogP contribution in [0.2, 0.25) is 0 Å². The van der Waals surface area contributed by atoms with Gasteiger partial charge in [-0.2, -0.15) is 0 Å². The van der Waals surface area contributed by atoms with Gasteiger partial charge in [0.1, 0.15) is 5.60 Å². The fourth-order valence-corrected chi connectivity index (χ4v) is 3.29. The Labute approximate surface area is 176 Å². The molecule has 0 atom stereocenters. The molecule has 0 aromatic heterocycles. The first-order chi connectivity index (χ1) is 13.5. The van der Waals surface area contributed by atoms with Gasteiger partial charge < -0.3 is 15.4 Å². The van der Waals surface area contributed by atoms with Crippen LogP contribution in [0.15, 0.2) is 0 Å². The van der Waals surface area contributed by atoms with Gasteiger partial charge in [-0.3, -0.25) is 0 Å². The third kappa shape index (κ3) is 23.3. The molecule has 168 valence electrons. The molecule has 0 aliphatic carbocycles. The number of hydrogen-bond acceptors (Lipinski definition) is 3. The van der Waals surface area contributed by atoms with E-state index in [1.54, 1.807) is 0 Å². The molecule has 4 heteroatoms. The highest BCUT2D eigenvalue weighted by Gasteiger charge is 2.15. The van der Waals surface area contributed by atoms with E-state index in [2.05, 4.69) is 17.6 Å². The molecule has 4 nitrogen and oxygen atoms in total. The highest BCUT2D eigenvalue weighted by Crippen LogP contribution is 2.12. The van der Waals surface area contributed by atoms with E-state index in [1.807, 2.05) is 20.8 Å². The molecule has 28 heavy (non-hydrogen) atoms. The maximum atomic E-state index is 11.5. The van der Waals surface area contributed by atoms with Gasteiger partial charge in [0.2, 0.25) is 0 Å². The number of hydrogen-bond donors (Lipinski definition) is 2. The lowest BCUT2D eigenvalue weighted by Gasteiger charge is -2.19. The standard InChI is InChI=1S/C24H50N2O2/c1-5-6-7-8-9-10-11-12-13-14-15-16-17-18-20-25-21-19-22-26-23(27)28-24(2,3)4/h25H,5-22H2,1-4H3,(H,26,27). The molecule has 0 aliphatic heterocycles. The van der Waals surface area contributed by atoms with E-state index < -0.39 is 5.60 Å². The quantitative estimate of drug-likeness (QED) is 0.231. The van der Waals surface area contributed by atoms with E-state index in [4.69, 9.17) is 4.74 Å². The van der Waals surface area contributed by atoms with Crippen molar-refractivity contribution >= 4 is 6.09 Å². The molecule has 2 N–H and O–H groups in total. The monoisotopic (exact) mass is 398 g/mol. The Morgan fingerprint density at radius 3 is 1.54 bits per heavy atom. The first-order valence-corrected chi connectivity index (χ1v) is 12.1. The minimum absolute atomic E-state index is 0.320. The summed E-state index contributed by atoms with van der Waals surface area (Å²) >= 11 is 0. The number of carbonyl (C=O) groups is 1. The van der Waals surface area contributed by atoms with Crippen LogP contribution in [0.3, 0.4) is 0 Å². The summed E-state index contributed by atoms with van der Waals surface area (Å²) in [7, 11) is 0. The number of unbranched alkanes of at least 4 members (excludes halogenated alkanes) is 13. The maximum Gasteiger partial charge on any atom is 0.407 e. The van der Waals surface area contributed by atoms with Crippen LogP contribution >= 0.6 is 0 Å². The molecular weight excluding hydrogens is 348 g/mol. The third-order valence-corrected chi connectivity index (χ3v) is 4.91. The van der Waals surface area contributed by atoms with Crippen LogP contribution in [0.5, 0.6) is 0 Å². The van der Waals surface area contributed by atoms with E-state index in [-0.39, 0.29) is 6.09 Å².